The molecule has 0 bridgehead atoms. The van der Waals surface area contributed by atoms with E-state index in [4.69, 9.17) is 10.00 Å². The number of sulfonamides is 1. The zero-order chi connectivity index (χ0) is 12.9. The molecule has 0 aliphatic rings. The zero-order valence-corrected chi connectivity index (χ0v) is 10.4. The van der Waals surface area contributed by atoms with Gasteiger partial charge in [-0.25, -0.2) is 8.42 Å². The van der Waals surface area contributed by atoms with Crippen LogP contribution in [0.1, 0.15) is 6.92 Å². The number of hydrogen-bond acceptors (Lipinski definition) is 5. The minimum absolute atomic E-state index is 0.336. The average Bonchev–Trinajstić information content (AvgIpc) is 2.72. The molecule has 17 heavy (non-hydrogen) atoms. The van der Waals surface area contributed by atoms with Gasteiger partial charge in [0.15, 0.2) is 5.25 Å². The summed E-state index contributed by atoms with van der Waals surface area (Å²) in [5.74, 6) is 0. The minimum Gasteiger partial charge on any atom is -0.383 e. The fraction of sp³-hybridized carbons (Fsp3) is 0.556. The van der Waals surface area contributed by atoms with Crippen LogP contribution in [0.2, 0.25) is 0 Å². The molecule has 94 valence electrons. The van der Waals surface area contributed by atoms with Crippen molar-refractivity contribution in [2.75, 3.05) is 18.4 Å². The molecule has 8 heteroatoms. The number of methoxy groups -OCH3 is 1. The summed E-state index contributed by atoms with van der Waals surface area (Å²) < 4.78 is 31.8. The van der Waals surface area contributed by atoms with Crippen molar-refractivity contribution < 1.29 is 13.2 Å². The molecule has 1 N–H and O–H groups in total. The number of nitriles is 1. The monoisotopic (exact) mass is 258 g/mol. The molecule has 1 heterocycles. The van der Waals surface area contributed by atoms with Gasteiger partial charge in [-0.2, -0.15) is 10.4 Å². The van der Waals surface area contributed by atoms with Crippen molar-refractivity contribution in [3.8, 4) is 6.07 Å². The van der Waals surface area contributed by atoms with Crippen LogP contribution in [0, 0.1) is 11.3 Å². The fourth-order valence-electron chi connectivity index (χ4n) is 1.05. The largest absolute Gasteiger partial charge is 0.383 e. The Labute approximate surface area is 100 Å². The second-order valence-corrected chi connectivity index (χ2v) is 5.40. The molecule has 0 fully saturated rings. The molecule has 1 rings (SSSR count). The molecule has 1 unspecified atom stereocenters. The molecule has 0 radical (unpaired) electrons. The first-order valence-electron chi connectivity index (χ1n) is 4.92. The van der Waals surface area contributed by atoms with E-state index >= 15 is 0 Å². The van der Waals surface area contributed by atoms with Crippen LogP contribution in [0.4, 0.5) is 5.69 Å². The Balaban J connectivity index is 2.70. The van der Waals surface area contributed by atoms with Crippen molar-refractivity contribution in [1.82, 2.24) is 9.78 Å². The van der Waals surface area contributed by atoms with Gasteiger partial charge in [0.05, 0.1) is 31.1 Å². The Morgan fingerprint density at radius 2 is 2.41 bits per heavy atom. The van der Waals surface area contributed by atoms with E-state index in [2.05, 4.69) is 9.82 Å². The summed E-state index contributed by atoms with van der Waals surface area (Å²) in [6.45, 7) is 2.34. The van der Waals surface area contributed by atoms with Gasteiger partial charge in [0.25, 0.3) is 0 Å². The zero-order valence-electron chi connectivity index (χ0n) is 9.62. The Morgan fingerprint density at radius 3 is 3.00 bits per heavy atom. The highest BCUT2D eigenvalue weighted by Crippen LogP contribution is 2.10. The molecule has 1 aromatic rings. The Morgan fingerprint density at radius 1 is 1.71 bits per heavy atom. The van der Waals surface area contributed by atoms with E-state index in [0.29, 0.717) is 18.8 Å². The van der Waals surface area contributed by atoms with Crippen LogP contribution >= 0.6 is 0 Å². The summed E-state index contributed by atoms with van der Waals surface area (Å²) in [5.41, 5.74) is 0.336. The van der Waals surface area contributed by atoms with Crippen LogP contribution in [0.3, 0.4) is 0 Å². The van der Waals surface area contributed by atoms with Gasteiger partial charge < -0.3 is 4.74 Å². The lowest BCUT2D eigenvalue weighted by atomic mass is 10.5. The van der Waals surface area contributed by atoms with Gasteiger partial charge in [0.1, 0.15) is 0 Å². The molecule has 0 aromatic carbocycles. The van der Waals surface area contributed by atoms with Crippen LogP contribution in [-0.2, 0) is 21.3 Å². The molecule has 0 aliphatic carbocycles. The first-order chi connectivity index (χ1) is 7.99. The number of nitrogens with zero attached hydrogens (tertiary/aromatic N) is 3. The summed E-state index contributed by atoms with van der Waals surface area (Å²) in [4.78, 5) is 0. The quantitative estimate of drug-likeness (QED) is 0.785. The van der Waals surface area contributed by atoms with E-state index in [-0.39, 0.29) is 0 Å². The van der Waals surface area contributed by atoms with Crippen LogP contribution in [0.15, 0.2) is 12.4 Å². The van der Waals surface area contributed by atoms with Crippen molar-refractivity contribution >= 4 is 15.7 Å². The van der Waals surface area contributed by atoms with Crippen LogP contribution < -0.4 is 4.72 Å². The topological polar surface area (TPSA) is 97.0 Å². The smallest absolute Gasteiger partial charge is 0.248 e. The predicted molar refractivity (Wildman–Crippen MR) is 61.7 cm³/mol. The lowest BCUT2D eigenvalue weighted by molar-refractivity contribution is 0.183. The van der Waals surface area contributed by atoms with Gasteiger partial charge in [0.2, 0.25) is 10.0 Å². The molecule has 1 aromatic heterocycles. The predicted octanol–water partition coefficient (Wildman–Crippen LogP) is 0.183. The number of rotatable bonds is 6. The lowest BCUT2D eigenvalue weighted by Crippen LogP contribution is -2.23. The van der Waals surface area contributed by atoms with Gasteiger partial charge in [-0.1, -0.05) is 0 Å². The SMILES string of the molecule is COCCn1cc(NS(=O)(=O)C(C)C#N)cn1. The normalized spacial score (nSPS) is 13.0. The lowest BCUT2D eigenvalue weighted by Gasteiger charge is -2.06. The van der Waals surface area contributed by atoms with E-state index < -0.39 is 15.3 Å². The van der Waals surface area contributed by atoms with Gasteiger partial charge in [0, 0.05) is 13.3 Å². The van der Waals surface area contributed by atoms with Crippen molar-refractivity contribution in [3.63, 3.8) is 0 Å². The maximum absolute atomic E-state index is 11.6. The Hall–Kier alpha value is -1.59. The van der Waals surface area contributed by atoms with E-state index in [0.717, 1.165) is 0 Å². The summed E-state index contributed by atoms with van der Waals surface area (Å²) in [7, 11) is -2.10. The van der Waals surface area contributed by atoms with Crippen LogP contribution in [0.25, 0.3) is 0 Å². The molecule has 0 saturated heterocycles. The number of anilines is 1. The molecule has 0 amide bonds. The molecule has 1 atom stereocenters. The second kappa shape index (κ2) is 5.65. The second-order valence-electron chi connectivity index (χ2n) is 3.40. The maximum atomic E-state index is 11.6. The minimum atomic E-state index is -3.67. The Bertz CT molecular complexity index is 503. The van der Waals surface area contributed by atoms with E-state index in [1.165, 1.54) is 13.1 Å². The fourth-order valence-corrected chi connectivity index (χ4v) is 1.79. The summed E-state index contributed by atoms with van der Waals surface area (Å²) in [6.07, 6.45) is 2.93. The van der Waals surface area contributed by atoms with Crippen molar-refractivity contribution in [2.45, 2.75) is 18.7 Å². The van der Waals surface area contributed by atoms with Crippen molar-refractivity contribution in [2.24, 2.45) is 0 Å². The third-order valence-corrected chi connectivity index (χ3v) is 3.62. The number of aromatic nitrogens is 2. The highest BCUT2D eigenvalue weighted by molar-refractivity contribution is 7.93. The third-order valence-electron chi connectivity index (χ3n) is 2.07. The first kappa shape index (κ1) is 13.5. The van der Waals surface area contributed by atoms with Crippen molar-refractivity contribution in [1.29, 1.82) is 5.26 Å². The summed E-state index contributed by atoms with van der Waals surface area (Å²) in [6, 6.07) is 1.67. The average molecular weight is 258 g/mol. The van der Waals surface area contributed by atoms with E-state index in [1.54, 1.807) is 24.1 Å². The van der Waals surface area contributed by atoms with Gasteiger partial charge in [-0.3, -0.25) is 9.40 Å². The van der Waals surface area contributed by atoms with Crippen molar-refractivity contribution in [3.05, 3.63) is 12.4 Å². The highest BCUT2D eigenvalue weighted by atomic mass is 32.2. The van der Waals surface area contributed by atoms with Gasteiger partial charge in [-0.15, -0.1) is 0 Å². The Kier molecular flexibility index (Phi) is 4.48. The maximum Gasteiger partial charge on any atom is 0.248 e. The first-order valence-corrected chi connectivity index (χ1v) is 6.47. The highest BCUT2D eigenvalue weighted by Gasteiger charge is 2.20. The number of hydrogen-bond donors (Lipinski definition) is 1. The van der Waals surface area contributed by atoms with Gasteiger partial charge >= 0.3 is 0 Å². The van der Waals surface area contributed by atoms with E-state index in [1.807, 2.05) is 0 Å². The number of nitrogens with one attached hydrogen (secondary N) is 1. The van der Waals surface area contributed by atoms with Gasteiger partial charge in [-0.05, 0) is 6.92 Å². The molecular weight excluding hydrogens is 244 g/mol. The molecule has 0 aliphatic heterocycles. The molecule has 0 spiro atoms. The standard InChI is InChI=1S/C9H14N4O3S/c1-8(5-10)17(14,15)12-9-6-11-13(7-9)3-4-16-2/h6-8,12H,3-4H2,1-2H3. The van der Waals surface area contributed by atoms with Crippen LogP contribution in [-0.4, -0.2) is 37.2 Å². The number of ether oxygens (including phenoxy) is 1. The molecule has 0 saturated carbocycles. The molecule has 7 nitrogen and oxygen atoms in total. The van der Waals surface area contributed by atoms with E-state index in [9.17, 15) is 8.42 Å². The van der Waals surface area contributed by atoms with Crippen LogP contribution in [0.5, 0.6) is 0 Å². The summed E-state index contributed by atoms with van der Waals surface area (Å²) in [5, 5.41) is 11.4. The third kappa shape index (κ3) is 3.72. The summed E-state index contributed by atoms with van der Waals surface area (Å²) >= 11 is 0. The molecular formula is C9H14N4O3S.